The summed E-state index contributed by atoms with van der Waals surface area (Å²) in [5.74, 6) is 1.38. The Morgan fingerprint density at radius 2 is 1.94 bits per heavy atom. The average molecular weight is 221 g/mol. The number of hydrogen-bond acceptors (Lipinski definition) is 4. The lowest BCUT2D eigenvalue weighted by Gasteiger charge is -2.15. The van der Waals surface area contributed by atoms with Gasteiger partial charge in [-0.1, -0.05) is 0 Å². The van der Waals surface area contributed by atoms with Crippen molar-refractivity contribution in [2.45, 2.75) is 20.4 Å². The number of nitrogens with zero attached hydrogens (tertiary/aromatic N) is 1. The van der Waals surface area contributed by atoms with E-state index >= 15 is 0 Å². The fourth-order valence-corrected chi connectivity index (χ4v) is 1.61. The molecule has 0 saturated carbocycles. The van der Waals surface area contributed by atoms with Crippen LogP contribution in [0.5, 0.6) is 11.5 Å². The summed E-state index contributed by atoms with van der Waals surface area (Å²) in [5.41, 5.74) is 2.99. The molecule has 0 unspecified atom stereocenters. The van der Waals surface area contributed by atoms with Gasteiger partial charge in [0.15, 0.2) is 11.5 Å². The maximum Gasteiger partial charge on any atom is 0.235 e. The van der Waals surface area contributed by atoms with Gasteiger partial charge in [0, 0.05) is 0 Å². The van der Waals surface area contributed by atoms with Crippen molar-refractivity contribution in [1.82, 2.24) is 0 Å². The summed E-state index contributed by atoms with van der Waals surface area (Å²) in [5, 5.41) is 0. The molecule has 0 atom stereocenters. The van der Waals surface area contributed by atoms with Gasteiger partial charge in [-0.2, -0.15) is 0 Å². The van der Waals surface area contributed by atoms with Crippen molar-refractivity contribution in [3.63, 3.8) is 0 Å². The molecule has 0 amide bonds. The Hall–Kier alpha value is -1.80. The van der Waals surface area contributed by atoms with E-state index in [-0.39, 0.29) is 0 Å². The second kappa shape index (κ2) is 5.33. The first kappa shape index (κ1) is 12.3. The van der Waals surface area contributed by atoms with E-state index in [0.717, 1.165) is 22.4 Å². The smallest absolute Gasteiger partial charge is 0.235 e. The molecule has 0 heterocycles. The molecule has 16 heavy (non-hydrogen) atoms. The Labute approximate surface area is 94.9 Å². The van der Waals surface area contributed by atoms with E-state index in [1.54, 1.807) is 14.2 Å². The summed E-state index contributed by atoms with van der Waals surface area (Å²) in [7, 11) is 3.19. The second-order valence-corrected chi connectivity index (χ2v) is 3.43. The van der Waals surface area contributed by atoms with E-state index < -0.39 is 0 Å². The van der Waals surface area contributed by atoms with Crippen molar-refractivity contribution < 1.29 is 14.3 Å². The normalized spacial score (nSPS) is 9.50. The predicted molar refractivity (Wildman–Crippen MR) is 60.8 cm³/mol. The number of isocyanates is 1. The van der Waals surface area contributed by atoms with E-state index in [1.807, 2.05) is 19.9 Å². The Bertz CT molecular complexity index is 434. The average Bonchev–Trinajstić information content (AvgIpc) is 2.30. The van der Waals surface area contributed by atoms with Crippen LogP contribution in [0.2, 0.25) is 0 Å². The summed E-state index contributed by atoms with van der Waals surface area (Å²) < 4.78 is 10.5. The Morgan fingerprint density at radius 1 is 1.25 bits per heavy atom. The van der Waals surface area contributed by atoms with E-state index in [9.17, 15) is 4.79 Å². The third-order valence-electron chi connectivity index (χ3n) is 2.65. The fourth-order valence-electron chi connectivity index (χ4n) is 1.61. The van der Waals surface area contributed by atoms with Gasteiger partial charge >= 0.3 is 0 Å². The zero-order valence-corrected chi connectivity index (χ0v) is 9.96. The van der Waals surface area contributed by atoms with Crippen LogP contribution in [0.3, 0.4) is 0 Å². The van der Waals surface area contributed by atoms with Crippen molar-refractivity contribution >= 4 is 6.08 Å². The molecule has 4 heteroatoms. The Morgan fingerprint density at radius 3 is 2.44 bits per heavy atom. The number of benzene rings is 1. The van der Waals surface area contributed by atoms with Crippen LogP contribution < -0.4 is 9.47 Å². The summed E-state index contributed by atoms with van der Waals surface area (Å²) in [6.07, 6.45) is 1.53. The molecule has 0 saturated heterocycles. The lowest BCUT2D eigenvalue weighted by molar-refractivity contribution is 0.352. The minimum atomic E-state index is 0.316. The molecule has 1 aromatic rings. The molecule has 0 aliphatic rings. The van der Waals surface area contributed by atoms with Gasteiger partial charge in [0.1, 0.15) is 0 Å². The van der Waals surface area contributed by atoms with Crippen LogP contribution in [0.25, 0.3) is 0 Å². The van der Waals surface area contributed by atoms with Crippen molar-refractivity contribution in [3.8, 4) is 11.5 Å². The third kappa shape index (κ3) is 2.23. The van der Waals surface area contributed by atoms with Crippen LogP contribution in [0, 0.1) is 13.8 Å². The Kier molecular flexibility index (Phi) is 4.09. The summed E-state index contributed by atoms with van der Waals surface area (Å²) in [6.45, 7) is 4.23. The van der Waals surface area contributed by atoms with Crippen LogP contribution in [-0.4, -0.2) is 20.3 Å². The van der Waals surface area contributed by atoms with Crippen LogP contribution in [0.1, 0.15) is 16.7 Å². The molecule has 0 N–H and O–H groups in total. The number of rotatable bonds is 4. The summed E-state index contributed by atoms with van der Waals surface area (Å²) in [4.78, 5) is 13.7. The van der Waals surface area contributed by atoms with Crippen LogP contribution in [0.15, 0.2) is 11.1 Å². The maximum absolute atomic E-state index is 10.1. The molecule has 1 aromatic carbocycles. The molecule has 86 valence electrons. The van der Waals surface area contributed by atoms with E-state index in [0.29, 0.717) is 12.3 Å². The quantitative estimate of drug-likeness (QED) is 0.578. The number of aliphatic imine (C=N–C) groups is 1. The van der Waals surface area contributed by atoms with Gasteiger partial charge in [-0.25, -0.2) is 9.79 Å². The second-order valence-electron chi connectivity index (χ2n) is 3.43. The van der Waals surface area contributed by atoms with Gasteiger partial charge < -0.3 is 9.47 Å². The molecule has 0 aromatic heterocycles. The highest BCUT2D eigenvalue weighted by molar-refractivity contribution is 5.53. The largest absolute Gasteiger partial charge is 0.493 e. The lowest BCUT2D eigenvalue weighted by atomic mass is 10.0. The Balaban J connectivity index is 3.31. The first-order chi connectivity index (χ1) is 7.65. The molecule has 0 radical (unpaired) electrons. The van der Waals surface area contributed by atoms with Crippen LogP contribution in [-0.2, 0) is 11.3 Å². The van der Waals surface area contributed by atoms with Crippen LogP contribution >= 0.6 is 0 Å². The van der Waals surface area contributed by atoms with E-state index in [4.69, 9.17) is 9.47 Å². The maximum atomic E-state index is 10.1. The predicted octanol–water partition coefficient (Wildman–Crippen LogP) is 2.16. The zero-order valence-electron chi connectivity index (χ0n) is 9.96. The van der Waals surface area contributed by atoms with Crippen molar-refractivity contribution in [3.05, 3.63) is 22.8 Å². The first-order valence-corrected chi connectivity index (χ1v) is 4.90. The minimum Gasteiger partial charge on any atom is -0.493 e. The van der Waals surface area contributed by atoms with Gasteiger partial charge in [-0.15, -0.1) is 0 Å². The molecule has 4 nitrogen and oxygen atoms in total. The molecule has 1 rings (SSSR count). The van der Waals surface area contributed by atoms with Crippen LogP contribution in [0.4, 0.5) is 0 Å². The molecule has 0 aliphatic carbocycles. The molecule has 0 bridgehead atoms. The molecular formula is C12H15NO3. The topological polar surface area (TPSA) is 47.9 Å². The highest BCUT2D eigenvalue weighted by atomic mass is 16.5. The van der Waals surface area contributed by atoms with Crippen molar-refractivity contribution in [2.24, 2.45) is 4.99 Å². The summed E-state index contributed by atoms with van der Waals surface area (Å²) >= 11 is 0. The van der Waals surface area contributed by atoms with Gasteiger partial charge in [0.05, 0.1) is 20.8 Å². The van der Waals surface area contributed by atoms with Gasteiger partial charge in [-0.05, 0) is 36.6 Å². The lowest BCUT2D eigenvalue weighted by Crippen LogP contribution is -1.99. The third-order valence-corrected chi connectivity index (χ3v) is 2.65. The molecular weight excluding hydrogens is 206 g/mol. The number of ether oxygens (including phenoxy) is 2. The SMILES string of the molecule is COc1cc(CN=C=O)c(C)c(C)c1OC. The molecule has 0 aliphatic heterocycles. The van der Waals surface area contributed by atoms with Gasteiger partial charge in [0.25, 0.3) is 0 Å². The summed E-state index contributed by atoms with van der Waals surface area (Å²) in [6, 6.07) is 1.84. The number of methoxy groups -OCH3 is 2. The zero-order chi connectivity index (χ0) is 12.1. The van der Waals surface area contributed by atoms with Gasteiger partial charge in [0.2, 0.25) is 6.08 Å². The number of hydrogen-bond donors (Lipinski definition) is 0. The monoisotopic (exact) mass is 221 g/mol. The van der Waals surface area contributed by atoms with Gasteiger partial charge in [-0.3, -0.25) is 0 Å². The number of carbonyl (C=O) groups excluding carboxylic acids is 1. The highest BCUT2D eigenvalue weighted by Crippen LogP contribution is 2.35. The van der Waals surface area contributed by atoms with Crippen molar-refractivity contribution in [1.29, 1.82) is 0 Å². The highest BCUT2D eigenvalue weighted by Gasteiger charge is 2.13. The molecule has 0 spiro atoms. The van der Waals surface area contributed by atoms with Crippen molar-refractivity contribution in [2.75, 3.05) is 14.2 Å². The first-order valence-electron chi connectivity index (χ1n) is 4.90. The molecule has 0 fully saturated rings. The standard InChI is InChI=1S/C12H15NO3/c1-8-9(2)12(16-4)11(15-3)5-10(8)6-13-7-14/h5H,6H2,1-4H3. The van der Waals surface area contributed by atoms with E-state index in [2.05, 4.69) is 4.99 Å². The van der Waals surface area contributed by atoms with E-state index in [1.165, 1.54) is 6.08 Å². The minimum absolute atomic E-state index is 0.316. The fraction of sp³-hybridized carbons (Fsp3) is 0.417.